The van der Waals surface area contributed by atoms with E-state index in [9.17, 15) is 14.7 Å². The van der Waals surface area contributed by atoms with Gasteiger partial charge < -0.3 is 24.4 Å². The van der Waals surface area contributed by atoms with Crippen LogP contribution in [0.5, 0.6) is 11.6 Å². The van der Waals surface area contributed by atoms with E-state index in [1.165, 1.54) is 0 Å². The summed E-state index contributed by atoms with van der Waals surface area (Å²) in [6.45, 7) is 4.42. The normalized spacial score (nSPS) is 19.9. The summed E-state index contributed by atoms with van der Waals surface area (Å²) in [6.07, 6.45) is 4.03. The first kappa shape index (κ1) is 26.5. The number of ether oxygens (including phenoxy) is 2. The SMILES string of the molecule is COc1ccc(C#Cc2cnc3c(c2)C(=O)N([C@@H](C)CO)C[C@@H](C)[C@H](CN(C)C(=O)CC2CC2)O3)cc1. The molecule has 8 nitrogen and oxygen atoms in total. The number of aliphatic hydroxyl groups excluding tert-OH is 1. The molecule has 8 heteroatoms. The van der Waals surface area contributed by atoms with Gasteiger partial charge in [-0.3, -0.25) is 9.59 Å². The van der Waals surface area contributed by atoms with Gasteiger partial charge in [0, 0.05) is 43.3 Å². The predicted octanol–water partition coefficient (Wildman–Crippen LogP) is 2.97. The number of aliphatic hydroxyl groups is 1. The predicted molar refractivity (Wildman–Crippen MR) is 139 cm³/mol. The first-order chi connectivity index (χ1) is 17.8. The molecule has 1 saturated carbocycles. The summed E-state index contributed by atoms with van der Waals surface area (Å²) in [7, 11) is 3.41. The Morgan fingerprint density at radius 2 is 1.97 bits per heavy atom. The average Bonchev–Trinajstić information content (AvgIpc) is 3.73. The number of methoxy groups -OCH3 is 1. The van der Waals surface area contributed by atoms with Gasteiger partial charge in [0.05, 0.1) is 26.3 Å². The van der Waals surface area contributed by atoms with Gasteiger partial charge in [-0.15, -0.1) is 0 Å². The summed E-state index contributed by atoms with van der Waals surface area (Å²) >= 11 is 0. The summed E-state index contributed by atoms with van der Waals surface area (Å²) in [5.74, 6) is 7.39. The molecule has 0 spiro atoms. The summed E-state index contributed by atoms with van der Waals surface area (Å²) in [4.78, 5) is 34.1. The summed E-state index contributed by atoms with van der Waals surface area (Å²) < 4.78 is 11.5. The van der Waals surface area contributed by atoms with E-state index >= 15 is 0 Å². The van der Waals surface area contributed by atoms with E-state index in [2.05, 4.69) is 16.8 Å². The lowest BCUT2D eigenvalue weighted by atomic mass is 9.99. The molecule has 1 fully saturated rings. The Morgan fingerprint density at radius 3 is 2.62 bits per heavy atom. The highest BCUT2D eigenvalue weighted by Crippen LogP contribution is 2.33. The first-order valence-corrected chi connectivity index (χ1v) is 12.8. The maximum Gasteiger partial charge on any atom is 0.259 e. The smallest absolute Gasteiger partial charge is 0.259 e. The van der Waals surface area contributed by atoms with Crippen LogP contribution in [0.4, 0.5) is 0 Å². The monoisotopic (exact) mass is 505 g/mol. The van der Waals surface area contributed by atoms with Crippen molar-refractivity contribution in [2.45, 2.75) is 45.3 Å². The number of fused-ring (bicyclic) bond motifs is 1. The Bertz CT molecular complexity index is 1180. The number of carbonyl (C=O) groups excluding carboxylic acids is 2. The lowest BCUT2D eigenvalue weighted by Gasteiger charge is -2.37. The second kappa shape index (κ2) is 11.7. The lowest BCUT2D eigenvalue weighted by molar-refractivity contribution is -0.131. The highest BCUT2D eigenvalue weighted by molar-refractivity contribution is 5.97. The van der Waals surface area contributed by atoms with E-state index in [4.69, 9.17) is 9.47 Å². The van der Waals surface area contributed by atoms with E-state index in [0.717, 1.165) is 24.2 Å². The Balaban J connectivity index is 1.61. The van der Waals surface area contributed by atoms with Crippen molar-refractivity contribution < 1.29 is 24.2 Å². The van der Waals surface area contributed by atoms with Crippen LogP contribution in [0.2, 0.25) is 0 Å². The molecule has 1 aliphatic heterocycles. The molecular weight excluding hydrogens is 470 g/mol. The molecule has 2 heterocycles. The molecule has 2 aliphatic rings. The third kappa shape index (κ3) is 6.60. The number of pyridine rings is 1. The number of benzene rings is 1. The fourth-order valence-corrected chi connectivity index (χ4v) is 4.30. The van der Waals surface area contributed by atoms with E-state index in [0.29, 0.717) is 36.6 Å². The van der Waals surface area contributed by atoms with Crippen molar-refractivity contribution in [1.82, 2.24) is 14.8 Å². The van der Waals surface area contributed by atoms with Crippen LogP contribution in [-0.2, 0) is 4.79 Å². The second-order valence-corrected chi connectivity index (χ2v) is 10.1. The fourth-order valence-electron chi connectivity index (χ4n) is 4.30. The zero-order valence-electron chi connectivity index (χ0n) is 21.9. The number of rotatable bonds is 7. The number of carbonyl (C=O) groups is 2. The van der Waals surface area contributed by atoms with Crippen LogP contribution in [0.15, 0.2) is 36.5 Å². The molecule has 1 N–H and O–H groups in total. The number of nitrogens with zero attached hydrogens (tertiary/aromatic N) is 3. The van der Waals surface area contributed by atoms with Gasteiger partial charge in [0.1, 0.15) is 17.4 Å². The van der Waals surface area contributed by atoms with Crippen LogP contribution < -0.4 is 9.47 Å². The molecule has 1 aliphatic carbocycles. The summed E-state index contributed by atoms with van der Waals surface area (Å²) in [5, 5.41) is 9.85. The Morgan fingerprint density at radius 1 is 1.27 bits per heavy atom. The lowest BCUT2D eigenvalue weighted by Crippen LogP contribution is -2.50. The van der Waals surface area contributed by atoms with Gasteiger partial charge in [0.15, 0.2) is 0 Å². The van der Waals surface area contributed by atoms with Gasteiger partial charge in [-0.2, -0.15) is 0 Å². The van der Waals surface area contributed by atoms with Crippen molar-refractivity contribution >= 4 is 11.8 Å². The molecule has 2 aromatic rings. The van der Waals surface area contributed by atoms with Crippen LogP contribution in [0.3, 0.4) is 0 Å². The molecule has 37 heavy (non-hydrogen) atoms. The quantitative estimate of drug-likeness (QED) is 0.582. The van der Waals surface area contributed by atoms with Gasteiger partial charge in [0.2, 0.25) is 11.8 Å². The molecule has 196 valence electrons. The van der Waals surface area contributed by atoms with E-state index in [-0.39, 0.29) is 42.4 Å². The molecule has 4 rings (SSSR count). The topological polar surface area (TPSA) is 92.2 Å². The minimum absolute atomic E-state index is 0.0846. The van der Waals surface area contributed by atoms with Crippen molar-refractivity contribution in [3.05, 3.63) is 53.2 Å². The molecule has 0 radical (unpaired) electrons. The molecule has 0 saturated heterocycles. The van der Waals surface area contributed by atoms with E-state index < -0.39 is 0 Å². The molecule has 2 amide bonds. The van der Waals surface area contributed by atoms with Crippen LogP contribution in [-0.4, -0.2) is 77.7 Å². The highest BCUT2D eigenvalue weighted by Gasteiger charge is 2.35. The maximum atomic E-state index is 13.6. The first-order valence-electron chi connectivity index (χ1n) is 12.8. The second-order valence-electron chi connectivity index (χ2n) is 10.1. The van der Waals surface area contributed by atoms with Crippen molar-refractivity contribution in [2.75, 3.05) is 33.9 Å². The molecule has 3 atom stereocenters. The summed E-state index contributed by atoms with van der Waals surface area (Å²) in [6, 6.07) is 8.69. The Labute approximate surface area is 218 Å². The van der Waals surface area contributed by atoms with Gasteiger partial charge in [-0.1, -0.05) is 18.8 Å². The van der Waals surface area contributed by atoms with Crippen LogP contribution in [0.1, 0.15) is 54.6 Å². The van der Waals surface area contributed by atoms with E-state index in [1.54, 1.807) is 36.2 Å². The Kier molecular flexibility index (Phi) is 8.34. The van der Waals surface area contributed by atoms with Gasteiger partial charge in [0.25, 0.3) is 5.91 Å². The Hall–Kier alpha value is -3.57. The van der Waals surface area contributed by atoms with Crippen molar-refractivity contribution in [3.8, 4) is 23.5 Å². The molecule has 0 unspecified atom stereocenters. The zero-order chi connectivity index (χ0) is 26.5. The molecule has 1 aromatic carbocycles. The average molecular weight is 506 g/mol. The third-order valence-electron chi connectivity index (χ3n) is 7.00. The van der Waals surface area contributed by atoms with Crippen molar-refractivity contribution in [3.63, 3.8) is 0 Å². The number of amides is 2. The third-order valence-corrected chi connectivity index (χ3v) is 7.00. The molecular formula is C29H35N3O5. The molecule has 0 bridgehead atoms. The zero-order valence-corrected chi connectivity index (χ0v) is 21.9. The van der Waals surface area contributed by atoms with Crippen molar-refractivity contribution in [1.29, 1.82) is 0 Å². The van der Waals surface area contributed by atoms with Gasteiger partial charge in [-0.25, -0.2) is 4.98 Å². The highest BCUT2D eigenvalue weighted by atomic mass is 16.5. The van der Waals surface area contributed by atoms with Crippen LogP contribution in [0, 0.1) is 23.7 Å². The van der Waals surface area contributed by atoms with Gasteiger partial charge >= 0.3 is 0 Å². The fraction of sp³-hybridized carbons (Fsp3) is 0.483. The number of hydrogen-bond donors (Lipinski definition) is 1. The maximum absolute atomic E-state index is 13.6. The van der Waals surface area contributed by atoms with Crippen LogP contribution >= 0.6 is 0 Å². The number of hydrogen-bond acceptors (Lipinski definition) is 6. The minimum Gasteiger partial charge on any atom is -0.497 e. The van der Waals surface area contributed by atoms with E-state index in [1.807, 2.05) is 38.1 Å². The number of aromatic nitrogens is 1. The van der Waals surface area contributed by atoms with Gasteiger partial charge in [-0.05, 0) is 56.0 Å². The number of likely N-dealkylation sites (N-methyl/N-ethyl adjacent to an activating group) is 1. The standard InChI is InChI=1S/C29H35N3O5/c1-19-16-32(20(2)18-33)29(35)25-13-23(8-5-21-9-11-24(36-4)12-10-21)15-30-28(25)37-26(19)17-31(3)27(34)14-22-6-7-22/h9-13,15,19-20,22,26,33H,6-7,14,16-18H2,1-4H3/t19-,20+,26+/m1/s1. The van der Waals surface area contributed by atoms with Crippen molar-refractivity contribution in [2.24, 2.45) is 11.8 Å². The molecule has 1 aromatic heterocycles. The minimum atomic E-state index is -0.384. The summed E-state index contributed by atoms with van der Waals surface area (Å²) in [5.41, 5.74) is 1.68. The largest absolute Gasteiger partial charge is 0.497 e. The van der Waals surface area contributed by atoms with Crippen LogP contribution in [0.25, 0.3) is 0 Å².